The van der Waals surface area contributed by atoms with Crippen molar-refractivity contribution in [2.75, 3.05) is 11.9 Å². The van der Waals surface area contributed by atoms with Gasteiger partial charge in [-0.1, -0.05) is 6.07 Å². The second-order valence-electron chi connectivity index (χ2n) is 6.69. The summed E-state index contributed by atoms with van der Waals surface area (Å²) < 4.78 is 1.91. The Morgan fingerprint density at radius 3 is 2.80 bits per heavy atom. The van der Waals surface area contributed by atoms with Crippen LogP contribution in [0.25, 0.3) is 5.65 Å². The highest BCUT2D eigenvalue weighted by Gasteiger charge is 2.23. The average molecular weight is 335 g/mol. The van der Waals surface area contributed by atoms with E-state index < -0.39 is 0 Å². The van der Waals surface area contributed by atoms with Crippen molar-refractivity contribution < 1.29 is 4.79 Å². The molecule has 0 aliphatic carbocycles. The van der Waals surface area contributed by atoms with Crippen LogP contribution < -0.4 is 5.32 Å². The third-order valence-electron chi connectivity index (χ3n) is 4.82. The minimum atomic E-state index is -0.0781. The number of nitrogens with one attached hydrogen (secondary N) is 1. The predicted octanol–water partition coefficient (Wildman–Crippen LogP) is 3.24. The second-order valence-corrected chi connectivity index (χ2v) is 6.69. The van der Waals surface area contributed by atoms with E-state index in [2.05, 4.69) is 22.3 Å². The van der Waals surface area contributed by atoms with E-state index in [9.17, 15) is 4.79 Å². The van der Waals surface area contributed by atoms with Crippen LogP contribution in [0.2, 0.25) is 0 Å². The Labute approximate surface area is 146 Å². The molecule has 1 aliphatic heterocycles. The number of rotatable bonds is 1. The first-order valence-corrected chi connectivity index (χ1v) is 8.47. The van der Waals surface area contributed by atoms with E-state index in [1.165, 1.54) is 11.1 Å². The Kier molecular flexibility index (Phi) is 3.67. The van der Waals surface area contributed by atoms with Gasteiger partial charge in [0.25, 0.3) is 0 Å². The predicted molar refractivity (Wildman–Crippen MR) is 96.8 cm³/mol. The highest BCUT2D eigenvalue weighted by Crippen LogP contribution is 2.21. The molecule has 1 aromatic carbocycles. The number of hydrogen-bond donors (Lipinski definition) is 1. The standard InChI is InChI=1S/C19H21N5O/c1-12-4-5-16(8-13(12)2)21-19(25)23-7-6-17-15(11-23)10-20-18-9-14(3)22-24(17)18/h4-5,8-10H,6-7,11H2,1-3H3,(H,21,25). The number of carbonyl (C=O) groups excluding carboxylic acids is 1. The molecule has 4 rings (SSSR count). The highest BCUT2D eigenvalue weighted by atomic mass is 16.2. The van der Waals surface area contributed by atoms with Crippen molar-refractivity contribution in [1.29, 1.82) is 0 Å². The minimum Gasteiger partial charge on any atom is -0.320 e. The molecule has 0 fully saturated rings. The van der Waals surface area contributed by atoms with Crippen LogP contribution in [0.4, 0.5) is 10.5 Å². The summed E-state index contributed by atoms with van der Waals surface area (Å²) in [5.74, 6) is 0. The Morgan fingerprint density at radius 2 is 2.00 bits per heavy atom. The molecule has 2 aromatic heterocycles. The van der Waals surface area contributed by atoms with Gasteiger partial charge >= 0.3 is 6.03 Å². The van der Waals surface area contributed by atoms with Crippen LogP contribution in [-0.2, 0) is 13.0 Å². The number of hydrogen-bond acceptors (Lipinski definition) is 3. The summed E-state index contributed by atoms with van der Waals surface area (Å²) in [6.45, 7) is 7.29. The average Bonchev–Trinajstić information content (AvgIpc) is 2.98. The molecule has 0 atom stereocenters. The van der Waals surface area contributed by atoms with Gasteiger partial charge in [-0.15, -0.1) is 0 Å². The van der Waals surface area contributed by atoms with E-state index in [4.69, 9.17) is 0 Å². The van der Waals surface area contributed by atoms with Gasteiger partial charge in [0.05, 0.1) is 17.9 Å². The summed E-state index contributed by atoms with van der Waals surface area (Å²) in [7, 11) is 0. The van der Waals surface area contributed by atoms with Gasteiger partial charge in [-0.05, 0) is 44.0 Å². The third kappa shape index (κ3) is 2.84. The number of urea groups is 1. The smallest absolute Gasteiger partial charge is 0.320 e. The second kappa shape index (κ2) is 5.88. The first kappa shape index (κ1) is 15.6. The Bertz CT molecular complexity index is 975. The van der Waals surface area contributed by atoms with Crippen molar-refractivity contribution >= 4 is 17.4 Å². The van der Waals surface area contributed by atoms with Gasteiger partial charge in [0.15, 0.2) is 5.65 Å². The summed E-state index contributed by atoms with van der Waals surface area (Å²) in [5.41, 5.74) is 7.23. The topological polar surface area (TPSA) is 62.5 Å². The zero-order valence-corrected chi connectivity index (χ0v) is 14.7. The number of nitrogens with zero attached hydrogens (tertiary/aromatic N) is 4. The van der Waals surface area contributed by atoms with E-state index in [0.717, 1.165) is 34.7 Å². The lowest BCUT2D eigenvalue weighted by molar-refractivity contribution is 0.205. The first-order valence-electron chi connectivity index (χ1n) is 8.47. The summed E-state index contributed by atoms with van der Waals surface area (Å²) in [6.07, 6.45) is 2.64. The van der Waals surface area contributed by atoms with Crippen LogP contribution in [0.5, 0.6) is 0 Å². The lowest BCUT2D eigenvalue weighted by Crippen LogP contribution is -2.39. The van der Waals surface area contributed by atoms with Crippen molar-refractivity contribution in [1.82, 2.24) is 19.5 Å². The molecule has 0 saturated carbocycles. The molecular formula is C19H21N5O. The monoisotopic (exact) mass is 335 g/mol. The van der Waals surface area contributed by atoms with E-state index in [1.807, 2.05) is 53.7 Å². The van der Waals surface area contributed by atoms with Crippen LogP contribution in [0, 0.1) is 20.8 Å². The van der Waals surface area contributed by atoms with E-state index in [-0.39, 0.29) is 6.03 Å². The van der Waals surface area contributed by atoms with Gasteiger partial charge in [-0.2, -0.15) is 5.10 Å². The molecular weight excluding hydrogens is 314 g/mol. The van der Waals surface area contributed by atoms with Crippen LogP contribution >= 0.6 is 0 Å². The number of aryl methyl sites for hydroxylation is 3. The van der Waals surface area contributed by atoms with Gasteiger partial charge < -0.3 is 10.2 Å². The lowest BCUT2D eigenvalue weighted by atomic mass is 10.1. The Hall–Kier alpha value is -2.89. The molecule has 25 heavy (non-hydrogen) atoms. The maximum Gasteiger partial charge on any atom is 0.322 e. The fourth-order valence-corrected chi connectivity index (χ4v) is 3.25. The summed E-state index contributed by atoms with van der Waals surface area (Å²) >= 11 is 0. The van der Waals surface area contributed by atoms with E-state index in [0.29, 0.717) is 13.1 Å². The summed E-state index contributed by atoms with van der Waals surface area (Å²) in [6, 6.07) is 7.86. The molecule has 6 heteroatoms. The zero-order valence-electron chi connectivity index (χ0n) is 14.7. The lowest BCUT2D eigenvalue weighted by Gasteiger charge is -2.29. The van der Waals surface area contributed by atoms with Crippen LogP contribution in [0.1, 0.15) is 28.1 Å². The van der Waals surface area contributed by atoms with Crippen molar-refractivity contribution in [3.63, 3.8) is 0 Å². The quantitative estimate of drug-likeness (QED) is 0.742. The number of benzene rings is 1. The molecule has 0 radical (unpaired) electrons. The number of fused-ring (bicyclic) bond motifs is 3. The number of amides is 2. The minimum absolute atomic E-state index is 0.0781. The third-order valence-corrected chi connectivity index (χ3v) is 4.82. The fraction of sp³-hybridized carbons (Fsp3) is 0.316. The van der Waals surface area contributed by atoms with Crippen molar-refractivity contribution in [2.24, 2.45) is 0 Å². The Morgan fingerprint density at radius 1 is 1.16 bits per heavy atom. The highest BCUT2D eigenvalue weighted by molar-refractivity contribution is 5.89. The SMILES string of the molecule is Cc1cc2ncc3c(n2n1)CCN(C(=O)Nc1ccc(C)c(C)c1)C3. The number of carbonyl (C=O) groups is 1. The van der Waals surface area contributed by atoms with E-state index in [1.54, 1.807) is 0 Å². The number of aromatic nitrogens is 3. The molecule has 1 aliphatic rings. The van der Waals surface area contributed by atoms with Crippen molar-refractivity contribution in [3.8, 4) is 0 Å². The Balaban J connectivity index is 1.54. The van der Waals surface area contributed by atoms with E-state index >= 15 is 0 Å². The molecule has 0 spiro atoms. The molecule has 2 amide bonds. The molecule has 0 saturated heterocycles. The van der Waals surface area contributed by atoms with Crippen LogP contribution in [0.15, 0.2) is 30.5 Å². The molecule has 128 valence electrons. The zero-order chi connectivity index (χ0) is 17.6. The summed E-state index contributed by atoms with van der Waals surface area (Å²) in [5, 5.41) is 7.51. The molecule has 0 bridgehead atoms. The fourth-order valence-electron chi connectivity index (χ4n) is 3.25. The molecule has 3 aromatic rings. The van der Waals surface area contributed by atoms with Crippen molar-refractivity contribution in [3.05, 3.63) is 58.5 Å². The van der Waals surface area contributed by atoms with Crippen molar-refractivity contribution in [2.45, 2.75) is 33.7 Å². The normalized spacial score (nSPS) is 13.8. The molecule has 1 N–H and O–H groups in total. The molecule has 0 unspecified atom stereocenters. The van der Waals surface area contributed by atoms with Gasteiger partial charge in [0.1, 0.15) is 0 Å². The number of anilines is 1. The maximum absolute atomic E-state index is 12.6. The van der Waals surface area contributed by atoms with Gasteiger partial charge in [-0.25, -0.2) is 14.3 Å². The van der Waals surface area contributed by atoms with Crippen LogP contribution in [0.3, 0.4) is 0 Å². The summed E-state index contributed by atoms with van der Waals surface area (Å²) in [4.78, 5) is 18.9. The largest absolute Gasteiger partial charge is 0.322 e. The van der Waals surface area contributed by atoms with Gasteiger partial charge in [0, 0.05) is 36.5 Å². The molecule has 3 heterocycles. The molecule has 6 nitrogen and oxygen atoms in total. The maximum atomic E-state index is 12.6. The first-order chi connectivity index (χ1) is 12.0. The van der Waals surface area contributed by atoms with Gasteiger partial charge in [0.2, 0.25) is 0 Å². The van der Waals surface area contributed by atoms with Gasteiger partial charge in [-0.3, -0.25) is 0 Å². The van der Waals surface area contributed by atoms with Crippen LogP contribution in [-0.4, -0.2) is 32.1 Å².